The number of fused-ring (bicyclic) bond motifs is 2. The predicted molar refractivity (Wildman–Crippen MR) is 227 cm³/mol. The van der Waals surface area contributed by atoms with Crippen molar-refractivity contribution in [1.82, 2.24) is 20.2 Å². The van der Waals surface area contributed by atoms with Crippen LogP contribution in [0.25, 0.3) is 10.1 Å². The molecule has 3 aliphatic heterocycles. The lowest BCUT2D eigenvalue weighted by Crippen LogP contribution is -2.56. The van der Waals surface area contributed by atoms with Crippen LogP contribution in [0, 0.1) is 17.2 Å². The highest BCUT2D eigenvalue weighted by atomic mass is 32.1. The molecule has 2 unspecified atom stereocenters. The highest BCUT2D eigenvalue weighted by Crippen LogP contribution is 2.59. The third-order valence-electron chi connectivity index (χ3n) is 12.5. The average molecular weight is 870 g/mol. The summed E-state index contributed by atoms with van der Waals surface area (Å²) in [6.07, 6.45) is 4.56. The number of carbonyl (C=O) groups is 4. The number of nitrogens with zero attached hydrogens (tertiary/aromatic N) is 3. The van der Waals surface area contributed by atoms with E-state index in [1.807, 2.05) is 35.2 Å². The number of thiophene rings is 1. The predicted octanol–water partition coefficient (Wildman–Crippen LogP) is 7.25. The molecule has 3 saturated heterocycles. The van der Waals surface area contributed by atoms with Crippen LogP contribution in [-0.2, 0) is 28.4 Å². The number of hydrogen-bond donors (Lipinski definition) is 2. The zero-order chi connectivity index (χ0) is 42.9. The van der Waals surface area contributed by atoms with Crippen molar-refractivity contribution >= 4 is 52.6 Å². The SMILES string of the molecule is COCCOC(=O)[C@H](C)NP(=O)(Oc1ccccc1)[C@@H](F)c1ccc2sc(C(=O)NC3CCC[C@H]4CC[C@@H](C(=O)N5C[C@@H](c6ccccc6)[C@H](C#N)C56CC6)N4C3=O)cc2c1. The molecule has 16 heteroatoms. The number of benzene rings is 3. The van der Waals surface area contributed by atoms with E-state index in [-0.39, 0.29) is 54.2 Å². The Kier molecular flexibility index (Phi) is 12.3. The van der Waals surface area contributed by atoms with Gasteiger partial charge in [0.25, 0.3) is 5.91 Å². The van der Waals surface area contributed by atoms with E-state index in [0.717, 1.165) is 24.8 Å². The Morgan fingerprint density at radius 1 is 1.00 bits per heavy atom. The number of methoxy groups -OCH3 is 1. The van der Waals surface area contributed by atoms with Gasteiger partial charge in [0.1, 0.15) is 30.5 Å². The van der Waals surface area contributed by atoms with Crippen LogP contribution in [-0.4, -0.2) is 90.1 Å². The lowest BCUT2D eigenvalue weighted by atomic mass is 9.85. The molecule has 320 valence electrons. The molecule has 2 N–H and O–H groups in total. The molecule has 4 aromatic rings. The molecule has 4 heterocycles. The standard InChI is InChI=1S/C45H49FN5O8PS/c1-28(44(55)58-23-22-57-2)49-60(56,59-33-13-7-4-8-14-33)40(46)30-16-19-38-31(24-30)25-39(61-38)41(52)48-36-15-9-12-32-17-18-37(51(32)42(36)53)43(54)50-27-34(29-10-5-3-6-11-29)35(26-47)45(50)20-21-45/h3-8,10-11,13-14,16,19,24-25,28,32,34-37,40H,9,12,15,17-18,20-23,27H2,1-2H3,(H,48,52)(H,49,56)/t28-,32-,34-,35-,36?,37-,40+,60?/m0/s1. The highest BCUT2D eigenvalue weighted by molar-refractivity contribution is 7.57. The van der Waals surface area contributed by atoms with E-state index in [2.05, 4.69) is 16.5 Å². The van der Waals surface area contributed by atoms with Gasteiger partial charge in [0.2, 0.25) is 17.7 Å². The van der Waals surface area contributed by atoms with Crippen molar-refractivity contribution in [2.75, 3.05) is 26.9 Å². The Morgan fingerprint density at radius 2 is 1.74 bits per heavy atom. The first-order valence-corrected chi connectivity index (χ1v) is 23.3. The molecule has 13 nitrogen and oxygen atoms in total. The average Bonchev–Trinajstić information content (AvgIpc) is 3.64. The Labute approximate surface area is 358 Å². The van der Waals surface area contributed by atoms with E-state index in [1.54, 1.807) is 35.2 Å². The largest absolute Gasteiger partial charge is 0.462 e. The monoisotopic (exact) mass is 869 g/mol. The molecule has 0 bridgehead atoms. The molecule has 8 atom stereocenters. The van der Waals surface area contributed by atoms with Crippen LogP contribution >= 0.6 is 18.9 Å². The number of alkyl halides is 1. The number of carbonyl (C=O) groups excluding carboxylic acids is 4. The molecule has 4 aliphatic rings. The quantitative estimate of drug-likeness (QED) is 0.0749. The summed E-state index contributed by atoms with van der Waals surface area (Å²) in [6, 6.07) is 23.8. The van der Waals surface area contributed by atoms with Crippen molar-refractivity contribution < 1.29 is 42.1 Å². The van der Waals surface area contributed by atoms with Gasteiger partial charge >= 0.3 is 13.5 Å². The zero-order valence-corrected chi connectivity index (χ0v) is 35.7. The molecule has 8 rings (SSSR count). The summed E-state index contributed by atoms with van der Waals surface area (Å²) in [5, 5.41) is 16.3. The molecule has 1 aromatic heterocycles. The van der Waals surface area contributed by atoms with E-state index in [4.69, 9.17) is 14.0 Å². The van der Waals surface area contributed by atoms with Crippen molar-refractivity contribution in [3.8, 4) is 11.8 Å². The van der Waals surface area contributed by atoms with E-state index >= 15 is 4.39 Å². The Hall–Kier alpha value is -5.13. The number of likely N-dealkylation sites (tertiary alicyclic amines) is 1. The second-order valence-electron chi connectivity index (χ2n) is 16.4. The van der Waals surface area contributed by atoms with Crippen LogP contribution < -0.4 is 14.9 Å². The van der Waals surface area contributed by atoms with Crippen LogP contribution in [0.1, 0.15) is 84.5 Å². The van der Waals surface area contributed by atoms with Crippen molar-refractivity contribution in [2.45, 2.75) is 93.4 Å². The number of para-hydroxylation sites is 1. The van der Waals surface area contributed by atoms with Crippen LogP contribution in [0.2, 0.25) is 0 Å². The smallest absolute Gasteiger partial charge is 0.355 e. The fourth-order valence-corrected chi connectivity index (χ4v) is 12.2. The molecular formula is C45H49FN5O8PS. The topological polar surface area (TPSA) is 167 Å². The Bertz CT molecular complexity index is 2370. The zero-order valence-electron chi connectivity index (χ0n) is 34.0. The van der Waals surface area contributed by atoms with E-state index < -0.39 is 49.0 Å². The molecule has 0 radical (unpaired) electrons. The number of nitrogens with one attached hydrogen (secondary N) is 2. The van der Waals surface area contributed by atoms with Gasteiger partial charge in [-0.2, -0.15) is 5.26 Å². The minimum absolute atomic E-state index is 0.000799. The van der Waals surface area contributed by atoms with Gasteiger partial charge in [0.15, 0.2) is 0 Å². The minimum Gasteiger partial charge on any atom is -0.462 e. The maximum absolute atomic E-state index is 16.6. The van der Waals surface area contributed by atoms with Crippen LogP contribution in [0.5, 0.6) is 5.75 Å². The summed E-state index contributed by atoms with van der Waals surface area (Å²) < 4.78 is 47.4. The van der Waals surface area contributed by atoms with Gasteiger partial charge in [-0.25, -0.2) is 9.48 Å². The maximum Gasteiger partial charge on any atom is 0.355 e. The Balaban J connectivity index is 0.975. The summed E-state index contributed by atoms with van der Waals surface area (Å²) in [7, 11) is -3.04. The summed E-state index contributed by atoms with van der Waals surface area (Å²) >= 11 is 1.17. The lowest BCUT2D eigenvalue weighted by Gasteiger charge is -2.35. The second kappa shape index (κ2) is 17.7. The molecule has 1 spiro atoms. The fourth-order valence-electron chi connectivity index (χ4n) is 9.37. The van der Waals surface area contributed by atoms with Crippen molar-refractivity contribution in [3.05, 3.63) is 101 Å². The number of rotatable bonds is 14. The van der Waals surface area contributed by atoms with Gasteiger partial charge in [0, 0.05) is 30.3 Å². The third kappa shape index (κ3) is 8.43. The molecule has 3 aromatic carbocycles. The van der Waals surface area contributed by atoms with Crippen molar-refractivity contribution in [3.63, 3.8) is 0 Å². The molecule has 1 saturated carbocycles. The molecule has 3 amide bonds. The molecule has 61 heavy (non-hydrogen) atoms. The van der Waals surface area contributed by atoms with Crippen molar-refractivity contribution in [1.29, 1.82) is 5.26 Å². The maximum atomic E-state index is 16.6. The number of esters is 1. The summed E-state index contributed by atoms with van der Waals surface area (Å²) in [4.78, 5) is 59.3. The summed E-state index contributed by atoms with van der Waals surface area (Å²) in [5.41, 5.74) is 0.517. The van der Waals surface area contributed by atoms with Gasteiger partial charge in [-0.1, -0.05) is 54.6 Å². The summed E-state index contributed by atoms with van der Waals surface area (Å²) in [6.45, 7) is 1.95. The number of amides is 3. The van der Waals surface area contributed by atoms with E-state index in [9.17, 15) is 29.0 Å². The first kappa shape index (κ1) is 42.6. The second-order valence-corrected chi connectivity index (χ2v) is 19.6. The number of ether oxygens (including phenoxy) is 2. The summed E-state index contributed by atoms with van der Waals surface area (Å²) in [5.74, 6) is -4.16. The van der Waals surface area contributed by atoms with Gasteiger partial charge in [-0.05, 0) is 98.7 Å². The van der Waals surface area contributed by atoms with Crippen LogP contribution in [0.15, 0.2) is 84.9 Å². The third-order valence-corrected chi connectivity index (χ3v) is 15.8. The van der Waals surface area contributed by atoms with Gasteiger partial charge in [-0.15, -0.1) is 11.3 Å². The number of nitriles is 1. The van der Waals surface area contributed by atoms with Crippen molar-refractivity contribution in [2.24, 2.45) is 5.92 Å². The molecule has 1 aliphatic carbocycles. The highest BCUT2D eigenvalue weighted by Gasteiger charge is 2.64. The minimum atomic E-state index is -4.49. The number of hydrogen-bond acceptors (Lipinski definition) is 10. The lowest BCUT2D eigenvalue weighted by molar-refractivity contribution is -0.147. The fraction of sp³-hybridized carbons (Fsp3) is 0.444. The van der Waals surface area contributed by atoms with Crippen LogP contribution in [0.4, 0.5) is 4.39 Å². The van der Waals surface area contributed by atoms with Gasteiger partial charge < -0.3 is 29.1 Å². The normalized spacial score (nSPS) is 24.9. The van der Waals surface area contributed by atoms with Crippen LogP contribution in [0.3, 0.4) is 0 Å². The first-order valence-electron chi connectivity index (χ1n) is 20.8. The molecule has 4 fully saturated rings. The first-order chi connectivity index (χ1) is 29.5. The van der Waals surface area contributed by atoms with Gasteiger partial charge in [-0.3, -0.25) is 23.7 Å². The van der Waals surface area contributed by atoms with Gasteiger partial charge in [0.05, 0.1) is 29.0 Å². The number of halogens is 1. The van der Waals surface area contributed by atoms with E-state index in [0.29, 0.717) is 47.2 Å². The molecular weight excluding hydrogens is 821 g/mol. The Morgan fingerprint density at radius 3 is 2.44 bits per heavy atom. The van der Waals surface area contributed by atoms with E-state index in [1.165, 1.54) is 49.6 Å².